The second kappa shape index (κ2) is 4.93. The second-order valence-electron chi connectivity index (χ2n) is 5.53. The van der Waals surface area contributed by atoms with Crippen molar-refractivity contribution in [2.75, 3.05) is 7.11 Å². The van der Waals surface area contributed by atoms with Gasteiger partial charge in [-0.3, -0.25) is 4.79 Å². The highest BCUT2D eigenvalue weighted by molar-refractivity contribution is 5.99. The number of carbonyl (C=O) groups is 1. The maximum atomic E-state index is 12.6. The Hall–Kier alpha value is -1.42. The Morgan fingerprint density at radius 2 is 2.05 bits per heavy atom. The highest BCUT2D eigenvalue weighted by atomic mass is 16.5. The third kappa shape index (κ3) is 2.37. The summed E-state index contributed by atoms with van der Waals surface area (Å²) in [5.74, 6) is 0.870. The van der Waals surface area contributed by atoms with E-state index in [0.29, 0.717) is 18.1 Å². The van der Waals surface area contributed by atoms with Crippen molar-refractivity contribution in [3.8, 4) is 5.88 Å². The number of ether oxygens (including phenoxy) is 2. The summed E-state index contributed by atoms with van der Waals surface area (Å²) in [6, 6.07) is 1.82. The SMILES string of the molecule is COc1cc(C)c(C(=O)C2CC3CCC(C2)O3)cn1. The minimum absolute atomic E-state index is 0.0974. The number of nitrogens with zero attached hydrogens (tertiary/aromatic N) is 1. The number of pyridine rings is 1. The number of aromatic nitrogens is 1. The summed E-state index contributed by atoms with van der Waals surface area (Å²) in [5, 5.41) is 0. The molecule has 0 aliphatic carbocycles. The van der Waals surface area contributed by atoms with Gasteiger partial charge in [-0.15, -0.1) is 0 Å². The molecule has 19 heavy (non-hydrogen) atoms. The van der Waals surface area contributed by atoms with Gasteiger partial charge in [-0.1, -0.05) is 0 Å². The van der Waals surface area contributed by atoms with Crippen LogP contribution in [0.2, 0.25) is 0 Å². The first-order valence-electron chi connectivity index (χ1n) is 6.87. The monoisotopic (exact) mass is 261 g/mol. The zero-order valence-corrected chi connectivity index (χ0v) is 11.4. The second-order valence-corrected chi connectivity index (χ2v) is 5.53. The van der Waals surface area contributed by atoms with Crippen LogP contribution in [0.4, 0.5) is 0 Å². The number of aryl methyl sites for hydroxylation is 1. The third-order valence-corrected chi connectivity index (χ3v) is 4.22. The molecule has 2 atom stereocenters. The molecule has 2 saturated heterocycles. The number of Topliss-reactive ketones (excluding diaryl/α,β-unsaturated/α-hetero) is 1. The average molecular weight is 261 g/mol. The van der Waals surface area contributed by atoms with Crippen LogP contribution in [0.1, 0.15) is 41.6 Å². The molecule has 2 unspecified atom stereocenters. The molecule has 0 radical (unpaired) electrons. The van der Waals surface area contributed by atoms with Gasteiger partial charge in [-0.25, -0.2) is 4.98 Å². The van der Waals surface area contributed by atoms with Crippen molar-refractivity contribution in [1.29, 1.82) is 0 Å². The smallest absolute Gasteiger partial charge is 0.213 e. The van der Waals surface area contributed by atoms with E-state index in [1.165, 1.54) is 0 Å². The number of ketones is 1. The Kier molecular flexibility index (Phi) is 3.27. The van der Waals surface area contributed by atoms with E-state index < -0.39 is 0 Å². The van der Waals surface area contributed by atoms with Crippen LogP contribution in [0.25, 0.3) is 0 Å². The highest BCUT2D eigenvalue weighted by Crippen LogP contribution is 2.37. The summed E-state index contributed by atoms with van der Waals surface area (Å²) >= 11 is 0. The topological polar surface area (TPSA) is 48.4 Å². The third-order valence-electron chi connectivity index (χ3n) is 4.22. The van der Waals surface area contributed by atoms with Gasteiger partial charge in [-0.05, 0) is 38.2 Å². The van der Waals surface area contributed by atoms with Crippen LogP contribution in [0.5, 0.6) is 5.88 Å². The van der Waals surface area contributed by atoms with E-state index in [1.807, 2.05) is 13.0 Å². The fourth-order valence-electron chi connectivity index (χ4n) is 3.19. The van der Waals surface area contributed by atoms with Crippen LogP contribution in [0.3, 0.4) is 0 Å². The number of hydrogen-bond acceptors (Lipinski definition) is 4. The first kappa shape index (κ1) is 12.6. The Bertz CT molecular complexity index is 488. The van der Waals surface area contributed by atoms with Crippen LogP contribution in [0.15, 0.2) is 12.3 Å². The maximum absolute atomic E-state index is 12.6. The van der Waals surface area contributed by atoms with E-state index in [-0.39, 0.29) is 11.7 Å². The molecule has 4 nitrogen and oxygen atoms in total. The van der Waals surface area contributed by atoms with E-state index in [0.717, 1.165) is 36.8 Å². The summed E-state index contributed by atoms with van der Waals surface area (Å²) in [6.07, 6.45) is 6.16. The van der Waals surface area contributed by atoms with Crippen LogP contribution in [-0.4, -0.2) is 30.1 Å². The summed E-state index contributed by atoms with van der Waals surface area (Å²) in [4.78, 5) is 16.8. The molecular weight excluding hydrogens is 242 g/mol. The number of hydrogen-bond donors (Lipinski definition) is 0. The van der Waals surface area contributed by atoms with Crippen LogP contribution < -0.4 is 4.74 Å². The zero-order valence-electron chi connectivity index (χ0n) is 11.4. The number of fused-ring (bicyclic) bond motifs is 2. The molecule has 2 bridgehead atoms. The lowest BCUT2D eigenvalue weighted by molar-refractivity contribution is -0.0149. The fourth-order valence-corrected chi connectivity index (χ4v) is 3.19. The van der Waals surface area contributed by atoms with Gasteiger partial charge < -0.3 is 9.47 Å². The molecular formula is C15H19NO3. The van der Waals surface area contributed by atoms with Gasteiger partial charge in [0.25, 0.3) is 0 Å². The Labute approximate surface area is 113 Å². The van der Waals surface area contributed by atoms with Crippen molar-refractivity contribution in [2.24, 2.45) is 5.92 Å². The predicted octanol–water partition coefficient (Wildman–Crippen LogP) is 2.54. The molecule has 0 saturated carbocycles. The van der Waals surface area contributed by atoms with Gasteiger partial charge in [0, 0.05) is 23.7 Å². The molecule has 1 aromatic rings. The van der Waals surface area contributed by atoms with Gasteiger partial charge in [0.05, 0.1) is 19.3 Å². The van der Waals surface area contributed by atoms with Crippen molar-refractivity contribution in [1.82, 2.24) is 4.98 Å². The number of methoxy groups -OCH3 is 1. The molecule has 0 N–H and O–H groups in total. The quantitative estimate of drug-likeness (QED) is 0.784. The van der Waals surface area contributed by atoms with Crippen LogP contribution in [-0.2, 0) is 4.74 Å². The number of rotatable bonds is 3. The lowest BCUT2D eigenvalue weighted by atomic mass is 9.87. The van der Waals surface area contributed by atoms with E-state index >= 15 is 0 Å². The first-order chi connectivity index (χ1) is 9.17. The molecule has 3 heterocycles. The molecule has 4 heteroatoms. The Morgan fingerprint density at radius 3 is 2.63 bits per heavy atom. The van der Waals surface area contributed by atoms with Crippen LogP contribution >= 0.6 is 0 Å². The summed E-state index contributed by atoms with van der Waals surface area (Å²) in [6.45, 7) is 1.94. The van der Waals surface area contributed by atoms with Gasteiger partial charge in [0.2, 0.25) is 5.88 Å². The van der Waals surface area contributed by atoms with Crippen molar-refractivity contribution in [3.05, 3.63) is 23.4 Å². The Morgan fingerprint density at radius 1 is 1.37 bits per heavy atom. The molecule has 0 amide bonds. The molecule has 102 valence electrons. The Balaban J connectivity index is 1.80. The van der Waals surface area contributed by atoms with Gasteiger partial charge in [0.1, 0.15) is 0 Å². The summed E-state index contributed by atoms with van der Waals surface area (Å²) in [7, 11) is 1.58. The lowest BCUT2D eigenvalue weighted by Gasteiger charge is -2.27. The normalized spacial score (nSPS) is 29.3. The van der Waals surface area contributed by atoms with E-state index in [9.17, 15) is 4.79 Å². The average Bonchev–Trinajstić information content (AvgIpc) is 2.76. The predicted molar refractivity (Wildman–Crippen MR) is 70.5 cm³/mol. The maximum Gasteiger partial charge on any atom is 0.213 e. The van der Waals surface area contributed by atoms with Crippen LogP contribution in [0, 0.1) is 12.8 Å². The largest absolute Gasteiger partial charge is 0.481 e. The molecule has 0 aromatic carbocycles. The van der Waals surface area contributed by atoms with E-state index in [2.05, 4.69) is 4.98 Å². The van der Waals surface area contributed by atoms with E-state index in [4.69, 9.17) is 9.47 Å². The highest BCUT2D eigenvalue weighted by Gasteiger charge is 2.38. The molecule has 2 aliphatic rings. The molecule has 3 rings (SSSR count). The minimum Gasteiger partial charge on any atom is -0.481 e. The standard InChI is InChI=1S/C15H19NO3/c1-9-5-14(18-2)16-8-13(9)15(17)10-6-11-3-4-12(7-10)19-11/h5,8,10-12H,3-4,6-7H2,1-2H3. The fraction of sp³-hybridized carbons (Fsp3) is 0.600. The van der Waals surface area contributed by atoms with Gasteiger partial charge >= 0.3 is 0 Å². The summed E-state index contributed by atoms with van der Waals surface area (Å²) in [5.41, 5.74) is 1.67. The van der Waals surface area contributed by atoms with Crippen molar-refractivity contribution >= 4 is 5.78 Å². The minimum atomic E-state index is 0.0974. The van der Waals surface area contributed by atoms with Gasteiger partial charge in [-0.2, -0.15) is 0 Å². The zero-order chi connectivity index (χ0) is 13.4. The van der Waals surface area contributed by atoms with Crippen molar-refractivity contribution in [2.45, 2.75) is 44.8 Å². The summed E-state index contributed by atoms with van der Waals surface area (Å²) < 4.78 is 10.9. The van der Waals surface area contributed by atoms with E-state index in [1.54, 1.807) is 13.3 Å². The number of carbonyl (C=O) groups excluding carboxylic acids is 1. The first-order valence-corrected chi connectivity index (χ1v) is 6.87. The lowest BCUT2D eigenvalue weighted by Crippen LogP contribution is -2.30. The molecule has 2 aliphatic heterocycles. The van der Waals surface area contributed by atoms with Crippen molar-refractivity contribution in [3.63, 3.8) is 0 Å². The molecule has 1 aromatic heterocycles. The van der Waals surface area contributed by atoms with Crippen molar-refractivity contribution < 1.29 is 14.3 Å². The molecule has 2 fully saturated rings. The van der Waals surface area contributed by atoms with Gasteiger partial charge in [0.15, 0.2) is 5.78 Å². The molecule has 0 spiro atoms.